The number of aromatic hydroxyl groups is 1. The molecule has 0 spiro atoms. The second kappa shape index (κ2) is 10.2. The van der Waals surface area contributed by atoms with Crippen LogP contribution in [0.5, 0.6) is 5.75 Å². The summed E-state index contributed by atoms with van der Waals surface area (Å²) < 4.78 is 0. The molecule has 2 aromatic carbocycles. The van der Waals surface area contributed by atoms with Gasteiger partial charge in [-0.05, 0) is 99.8 Å². The lowest BCUT2D eigenvalue weighted by Gasteiger charge is -2.35. The SMILES string of the molecule is O=C(c1cnc2ccc(-c3cc(Cl)c(O)c(CO)c3)cc2c1N[C@H]1CC[C@H](N2CCCC2)CC1)C1CC1. The van der Waals surface area contributed by atoms with E-state index in [0.29, 0.717) is 23.2 Å². The molecular weight excluding hydrogens is 486 g/mol. The van der Waals surface area contributed by atoms with Crippen molar-refractivity contribution < 1.29 is 15.0 Å². The van der Waals surface area contributed by atoms with Crippen LogP contribution in [0.25, 0.3) is 22.0 Å². The van der Waals surface area contributed by atoms with E-state index in [2.05, 4.69) is 15.2 Å². The van der Waals surface area contributed by atoms with Crippen LogP contribution < -0.4 is 5.32 Å². The number of anilines is 1. The van der Waals surface area contributed by atoms with Crippen molar-refractivity contribution in [3.05, 3.63) is 52.7 Å². The maximum Gasteiger partial charge on any atom is 0.169 e. The zero-order valence-corrected chi connectivity index (χ0v) is 21.8. The number of rotatable bonds is 7. The highest BCUT2D eigenvalue weighted by Gasteiger charge is 2.34. The zero-order chi connectivity index (χ0) is 25.5. The normalized spacial score (nSPS) is 22.4. The standard InChI is InChI=1S/C30H34ClN3O3/c31-26-15-20(13-21(17-35)30(26)37)19-5-10-27-24(14-19)28(25(16-32-27)29(36)18-3-4-18)33-22-6-8-23(9-7-22)34-11-1-2-12-34/h5,10,13-16,18,22-23,35,37H,1-4,6-9,11-12,17H2,(H,32,33)/t22-,23-. The average molecular weight is 520 g/mol. The molecule has 2 saturated carbocycles. The van der Waals surface area contributed by atoms with Crippen molar-refractivity contribution in [1.82, 2.24) is 9.88 Å². The minimum atomic E-state index is -0.304. The molecule has 1 aromatic heterocycles. The van der Waals surface area contributed by atoms with Crippen LogP contribution in [-0.4, -0.2) is 51.1 Å². The Morgan fingerprint density at radius 2 is 1.78 bits per heavy atom. The van der Waals surface area contributed by atoms with E-state index in [-0.39, 0.29) is 29.1 Å². The number of aromatic nitrogens is 1. The summed E-state index contributed by atoms with van der Waals surface area (Å²) in [7, 11) is 0. The Hall–Kier alpha value is -2.67. The number of phenols is 1. The summed E-state index contributed by atoms with van der Waals surface area (Å²) in [6.07, 6.45) is 10.9. The van der Waals surface area contributed by atoms with Crippen LogP contribution in [0, 0.1) is 5.92 Å². The number of carbonyl (C=O) groups excluding carboxylic acids is 1. The molecule has 3 fully saturated rings. The van der Waals surface area contributed by atoms with Crippen LogP contribution in [-0.2, 0) is 6.61 Å². The number of nitrogens with one attached hydrogen (secondary N) is 1. The van der Waals surface area contributed by atoms with Crippen LogP contribution in [0.2, 0.25) is 5.02 Å². The molecule has 2 aliphatic carbocycles. The van der Waals surface area contributed by atoms with Crippen LogP contribution >= 0.6 is 11.6 Å². The molecule has 37 heavy (non-hydrogen) atoms. The Balaban J connectivity index is 1.35. The van der Waals surface area contributed by atoms with Crippen LogP contribution in [0.15, 0.2) is 36.5 Å². The number of pyridine rings is 1. The smallest absolute Gasteiger partial charge is 0.169 e. The van der Waals surface area contributed by atoms with E-state index in [4.69, 9.17) is 11.6 Å². The molecule has 7 heteroatoms. The predicted molar refractivity (Wildman–Crippen MR) is 147 cm³/mol. The number of carbonyl (C=O) groups is 1. The number of likely N-dealkylation sites (tertiary alicyclic amines) is 1. The van der Waals surface area contributed by atoms with Gasteiger partial charge in [0.1, 0.15) is 5.75 Å². The summed E-state index contributed by atoms with van der Waals surface area (Å²) >= 11 is 6.26. The molecule has 6 rings (SSSR count). The highest BCUT2D eigenvalue weighted by Crippen LogP contribution is 2.40. The van der Waals surface area contributed by atoms with Crippen molar-refractivity contribution in [1.29, 1.82) is 0 Å². The van der Waals surface area contributed by atoms with Gasteiger partial charge in [0.25, 0.3) is 0 Å². The first-order chi connectivity index (χ1) is 18.0. The van der Waals surface area contributed by atoms with Gasteiger partial charge in [-0.2, -0.15) is 0 Å². The molecule has 2 heterocycles. The molecule has 1 aliphatic heterocycles. The molecule has 3 aromatic rings. The van der Waals surface area contributed by atoms with Gasteiger partial charge in [0.2, 0.25) is 0 Å². The van der Waals surface area contributed by atoms with Crippen LogP contribution in [0.1, 0.15) is 67.3 Å². The summed E-state index contributed by atoms with van der Waals surface area (Å²) in [4.78, 5) is 20.6. The van der Waals surface area contributed by atoms with E-state index in [1.165, 1.54) is 38.8 Å². The minimum Gasteiger partial charge on any atom is -0.506 e. The summed E-state index contributed by atoms with van der Waals surface area (Å²) in [5, 5.41) is 24.8. The van der Waals surface area contributed by atoms with Crippen molar-refractivity contribution in [2.75, 3.05) is 18.4 Å². The molecule has 3 N–H and O–H groups in total. The van der Waals surface area contributed by atoms with E-state index in [9.17, 15) is 15.0 Å². The van der Waals surface area contributed by atoms with Gasteiger partial charge in [0, 0.05) is 35.1 Å². The van der Waals surface area contributed by atoms with E-state index < -0.39 is 0 Å². The quantitative estimate of drug-likeness (QED) is 0.324. The molecule has 6 nitrogen and oxygen atoms in total. The lowest BCUT2D eigenvalue weighted by molar-refractivity contribution is 0.0968. The van der Waals surface area contributed by atoms with Crippen LogP contribution in [0.4, 0.5) is 5.69 Å². The number of Topliss-reactive ketones (excluding diaryl/α,β-unsaturated/α-hetero) is 1. The van der Waals surface area contributed by atoms with Crippen molar-refractivity contribution in [2.45, 2.75) is 70.1 Å². The number of aliphatic hydroxyl groups is 1. The Morgan fingerprint density at radius 3 is 2.49 bits per heavy atom. The van der Waals surface area contributed by atoms with Gasteiger partial charge in [0.15, 0.2) is 5.78 Å². The number of fused-ring (bicyclic) bond motifs is 1. The fraction of sp³-hybridized carbons (Fsp3) is 0.467. The van der Waals surface area contributed by atoms with Crippen LogP contribution in [0.3, 0.4) is 0 Å². The van der Waals surface area contributed by atoms with E-state index in [1.54, 1.807) is 18.3 Å². The third kappa shape index (κ3) is 4.95. The second-order valence-electron chi connectivity index (χ2n) is 10.9. The lowest BCUT2D eigenvalue weighted by Crippen LogP contribution is -2.39. The number of halogens is 1. The number of benzene rings is 2. The maximum atomic E-state index is 13.3. The Labute approximate surface area is 222 Å². The molecule has 1 saturated heterocycles. The zero-order valence-electron chi connectivity index (χ0n) is 21.0. The summed E-state index contributed by atoms with van der Waals surface area (Å²) in [5.74, 6) is 0.194. The predicted octanol–water partition coefficient (Wildman–Crippen LogP) is 6.16. The first-order valence-electron chi connectivity index (χ1n) is 13.6. The Morgan fingerprint density at radius 1 is 1.03 bits per heavy atom. The Kier molecular flexibility index (Phi) is 6.82. The molecule has 0 amide bonds. The first-order valence-corrected chi connectivity index (χ1v) is 14.0. The minimum absolute atomic E-state index is 0.0976. The summed E-state index contributed by atoms with van der Waals surface area (Å²) in [5.41, 5.74) is 4.48. The highest BCUT2D eigenvalue weighted by molar-refractivity contribution is 6.32. The lowest BCUT2D eigenvalue weighted by atomic mass is 9.89. The number of aliphatic hydroxyl groups excluding tert-OH is 1. The van der Waals surface area contributed by atoms with Crippen molar-refractivity contribution in [3.8, 4) is 16.9 Å². The number of hydrogen-bond donors (Lipinski definition) is 3. The third-order valence-electron chi connectivity index (χ3n) is 8.43. The van der Waals surface area contributed by atoms with Crippen molar-refractivity contribution in [2.24, 2.45) is 5.92 Å². The topological polar surface area (TPSA) is 85.7 Å². The molecular formula is C30H34ClN3O3. The molecule has 0 unspecified atom stereocenters. The van der Waals surface area contributed by atoms with Gasteiger partial charge < -0.3 is 20.4 Å². The first kappa shape index (κ1) is 24.7. The fourth-order valence-electron chi connectivity index (χ4n) is 6.12. The monoisotopic (exact) mass is 519 g/mol. The molecule has 0 radical (unpaired) electrons. The van der Waals surface area contributed by atoms with Gasteiger partial charge in [-0.1, -0.05) is 17.7 Å². The largest absolute Gasteiger partial charge is 0.506 e. The second-order valence-corrected chi connectivity index (χ2v) is 11.3. The number of nitrogens with zero attached hydrogens (tertiary/aromatic N) is 2. The molecule has 0 atom stereocenters. The Bertz CT molecular complexity index is 1330. The van der Waals surface area contributed by atoms with Crippen molar-refractivity contribution >= 4 is 34.0 Å². The average Bonchev–Trinajstić information content (AvgIpc) is 3.63. The molecule has 3 aliphatic rings. The van der Waals surface area contributed by atoms with Gasteiger partial charge in [-0.25, -0.2) is 0 Å². The van der Waals surface area contributed by atoms with Gasteiger partial charge in [0.05, 0.1) is 28.4 Å². The van der Waals surface area contributed by atoms with E-state index in [1.807, 2.05) is 18.2 Å². The highest BCUT2D eigenvalue weighted by atomic mass is 35.5. The van der Waals surface area contributed by atoms with Gasteiger partial charge in [-0.15, -0.1) is 0 Å². The molecule has 194 valence electrons. The fourth-order valence-corrected chi connectivity index (χ4v) is 6.36. The molecule has 0 bridgehead atoms. The van der Waals surface area contributed by atoms with Gasteiger partial charge in [-0.3, -0.25) is 9.78 Å². The van der Waals surface area contributed by atoms with E-state index in [0.717, 1.165) is 53.4 Å². The van der Waals surface area contributed by atoms with Gasteiger partial charge >= 0.3 is 0 Å². The summed E-state index contributed by atoms with van der Waals surface area (Å²) in [6.45, 7) is 2.17. The third-order valence-corrected chi connectivity index (χ3v) is 8.72. The maximum absolute atomic E-state index is 13.3. The number of ketones is 1. The van der Waals surface area contributed by atoms with E-state index >= 15 is 0 Å². The summed E-state index contributed by atoms with van der Waals surface area (Å²) in [6, 6.07) is 10.4. The number of hydrogen-bond acceptors (Lipinski definition) is 6. The van der Waals surface area contributed by atoms with Crippen molar-refractivity contribution in [3.63, 3.8) is 0 Å².